The Hall–Kier alpha value is -3.71. The predicted molar refractivity (Wildman–Crippen MR) is 185 cm³/mol. The number of carbonyl (C=O) groups is 2. The lowest BCUT2D eigenvalue weighted by Gasteiger charge is -2.25. The monoisotopic (exact) mass is 691 g/mol. The van der Waals surface area contributed by atoms with Crippen LogP contribution in [-0.4, -0.2) is 51.0 Å². The van der Waals surface area contributed by atoms with E-state index in [1.54, 1.807) is 76.5 Å². The molecule has 0 bridgehead atoms. The van der Waals surface area contributed by atoms with Crippen LogP contribution in [0.5, 0.6) is 5.88 Å². The summed E-state index contributed by atoms with van der Waals surface area (Å²) in [6.45, 7) is 8.82. The number of nitrogens with one attached hydrogen (secondary N) is 1. The largest absolute Gasteiger partial charge is 0.480 e. The summed E-state index contributed by atoms with van der Waals surface area (Å²) in [4.78, 5) is 36.1. The van der Waals surface area contributed by atoms with Crippen LogP contribution >= 0.6 is 23.5 Å². The van der Waals surface area contributed by atoms with Crippen LogP contribution in [0.15, 0.2) is 93.9 Å². The summed E-state index contributed by atoms with van der Waals surface area (Å²) in [6, 6.07) is 18.0. The molecular weight excluding hydrogens is 655 g/mol. The van der Waals surface area contributed by atoms with E-state index in [1.165, 1.54) is 18.0 Å². The Morgan fingerprint density at radius 2 is 1.51 bits per heavy atom. The summed E-state index contributed by atoms with van der Waals surface area (Å²) in [5.41, 5.74) is 3.91. The third kappa shape index (κ3) is 8.24. The van der Waals surface area contributed by atoms with Crippen molar-refractivity contribution < 1.29 is 27.9 Å². The number of hydrogen-bond donors (Lipinski definition) is 2. The van der Waals surface area contributed by atoms with Gasteiger partial charge in [0.15, 0.2) is 0 Å². The molecule has 0 aliphatic heterocycles. The number of hydrogen-bond acceptors (Lipinski definition) is 9. The van der Waals surface area contributed by atoms with E-state index in [0.717, 1.165) is 58.2 Å². The predicted octanol–water partition coefficient (Wildman–Crippen LogP) is 7.25. The van der Waals surface area contributed by atoms with Gasteiger partial charge in [-0.1, -0.05) is 43.3 Å². The minimum Gasteiger partial charge on any atom is -0.480 e. The zero-order chi connectivity index (χ0) is 34.0. The lowest BCUT2D eigenvalue weighted by molar-refractivity contribution is -0.139. The molecule has 5 rings (SSSR count). The van der Waals surface area contributed by atoms with Gasteiger partial charge in [-0.25, -0.2) is 18.1 Å². The minimum atomic E-state index is -3.59. The van der Waals surface area contributed by atoms with Crippen LogP contribution in [0.25, 0.3) is 22.3 Å². The number of aliphatic carboxylic acids is 1. The molecule has 1 saturated carbocycles. The molecule has 1 aliphatic rings. The second-order valence-electron chi connectivity index (χ2n) is 12.3. The van der Waals surface area contributed by atoms with Crippen LogP contribution < -0.4 is 9.46 Å². The van der Waals surface area contributed by atoms with Crippen molar-refractivity contribution >= 4 is 45.5 Å². The number of nitrogens with zero attached hydrogens (tertiary/aromatic N) is 2. The average Bonchev–Trinajstić information content (AvgIpc) is 3.84. The molecule has 0 saturated heterocycles. The normalized spacial score (nSPS) is 13.7. The topological polar surface area (TPSA) is 136 Å². The van der Waals surface area contributed by atoms with Gasteiger partial charge in [0.25, 0.3) is 0 Å². The zero-order valence-corrected chi connectivity index (χ0v) is 29.3. The fourth-order valence-electron chi connectivity index (χ4n) is 4.60. The van der Waals surface area contributed by atoms with Gasteiger partial charge in [-0.05, 0) is 87.9 Å². The summed E-state index contributed by atoms with van der Waals surface area (Å²) >= 11 is 2.45. The summed E-state index contributed by atoms with van der Waals surface area (Å²) in [5, 5.41) is 9.82. The first-order chi connectivity index (χ1) is 22.2. The molecule has 2 N–H and O–H groups in total. The Morgan fingerprint density at radius 3 is 2.13 bits per heavy atom. The van der Waals surface area contributed by atoms with Gasteiger partial charge in [-0.2, -0.15) is 0 Å². The van der Waals surface area contributed by atoms with Crippen LogP contribution in [0.4, 0.5) is 0 Å². The highest BCUT2D eigenvalue weighted by atomic mass is 32.2. The van der Waals surface area contributed by atoms with Gasteiger partial charge in [-0.3, -0.25) is 14.6 Å². The number of rotatable bonds is 13. The Kier molecular flexibility index (Phi) is 10.2. The first-order valence-corrected chi connectivity index (χ1v) is 18.3. The molecule has 2 aromatic carbocycles. The second kappa shape index (κ2) is 13.8. The van der Waals surface area contributed by atoms with Crippen molar-refractivity contribution in [2.75, 3.05) is 0 Å². The highest BCUT2D eigenvalue weighted by molar-refractivity contribution is 8.01. The molecule has 0 amide bonds. The Labute approximate surface area is 284 Å². The summed E-state index contributed by atoms with van der Waals surface area (Å²) < 4.78 is 31.8. The van der Waals surface area contributed by atoms with E-state index >= 15 is 0 Å². The third-order valence-electron chi connectivity index (χ3n) is 7.61. The summed E-state index contributed by atoms with van der Waals surface area (Å²) in [5.74, 6) is -1.43. The lowest BCUT2D eigenvalue weighted by Crippen LogP contribution is -2.33. The van der Waals surface area contributed by atoms with Crippen LogP contribution in [0.2, 0.25) is 0 Å². The number of ether oxygens (including phenoxy) is 1. The van der Waals surface area contributed by atoms with Crippen molar-refractivity contribution in [2.24, 2.45) is 0 Å². The highest BCUT2D eigenvalue weighted by Gasteiger charge is 2.35. The number of aromatic nitrogens is 2. The van der Waals surface area contributed by atoms with Crippen LogP contribution in [0.1, 0.15) is 53.0 Å². The first kappa shape index (κ1) is 34.6. The van der Waals surface area contributed by atoms with E-state index in [4.69, 9.17) is 4.74 Å². The number of aryl methyl sites for hydroxylation is 1. The van der Waals surface area contributed by atoms with E-state index in [1.807, 2.05) is 24.3 Å². The fraction of sp³-hybridized carbons (Fsp3) is 0.314. The molecule has 0 radical (unpaired) electrons. The first-order valence-electron chi connectivity index (χ1n) is 15.2. The molecule has 1 fully saturated rings. The van der Waals surface area contributed by atoms with E-state index in [-0.39, 0.29) is 16.8 Å². The SMILES string of the molecule is CCc1ccc(-c2c(SC(C)(C)C(=O)O)ccnc2OC(=O)C(C)(C)Sc2ccncc2-c2ccc(S(=O)(=O)NC3CC3)cc2)cc1. The van der Waals surface area contributed by atoms with Crippen molar-refractivity contribution in [3.8, 4) is 28.1 Å². The number of carboxylic acid groups (broad SMARTS) is 1. The maximum Gasteiger partial charge on any atom is 0.328 e. The van der Waals surface area contributed by atoms with Gasteiger partial charge < -0.3 is 9.84 Å². The number of carboxylic acids is 1. The molecule has 12 heteroatoms. The van der Waals surface area contributed by atoms with Crippen molar-refractivity contribution in [1.29, 1.82) is 0 Å². The third-order valence-corrected chi connectivity index (χ3v) is 11.6. The minimum absolute atomic E-state index is 0.00805. The van der Waals surface area contributed by atoms with Crippen molar-refractivity contribution in [2.45, 2.75) is 84.1 Å². The number of thioether (sulfide) groups is 2. The van der Waals surface area contributed by atoms with E-state index in [9.17, 15) is 23.1 Å². The zero-order valence-electron chi connectivity index (χ0n) is 26.8. The van der Waals surface area contributed by atoms with Gasteiger partial charge in [-0.15, -0.1) is 23.5 Å². The summed E-state index contributed by atoms with van der Waals surface area (Å²) in [6.07, 6.45) is 7.38. The van der Waals surface area contributed by atoms with Gasteiger partial charge in [0.1, 0.15) is 9.49 Å². The molecule has 246 valence electrons. The van der Waals surface area contributed by atoms with Gasteiger partial charge >= 0.3 is 11.9 Å². The van der Waals surface area contributed by atoms with E-state index < -0.39 is 31.5 Å². The second-order valence-corrected chi connectivity index (χ2v) is 17.3. The molecule has 2 aromatic heterocycles. The molecule has 2 heterocycles. The Bertz CT molecular complexity index is 1890. The Balaban J connectivity index is 1.42. The molecule has 0 atom stereocenters. The molecule has 0 unspecified atom stereocenters. The van der Waals surface area contributed by atoms with E-state index in [0.29, 0.717) is 10.5 Å². The fourth-order valence-corrected chi connectivity index (χ4v) is 8.06. The lowest BCUT2D eigenvalue weighted by atomic mass is 10.0. The molecule has 4 aromatic rings. The van der Waals surface area contributed by atoms with Gasteiger partial charge in [0, 0.05) is 40.0 Å². The molecule has 1 aliphatic carbocycles. The summed E-state index contributed by atoms with van der Waals surface area (Å²) in [7, 11) is -3.59. The number of benzene rings is 2. The van der Waals surface area contributed by atoms with Gasteiger partial charge in [0.05, 0.1) is 10.5 Å². The van der Waals surface area contributed by atoms with Gasteiger partial charge in [0.2, 0.25) is 15.9 Å². The highest BCUT2D eigenvalue weighted by Crippen LogP contribution is 2.44. The van der Waals surface area contributed by atoms with Crippen LogP contribution in [-0.2, 0) is 26.0 Å². The molecule has 9 nitrogen and oxygen atoms in total. The molecule has 47 heavy (non-hydrogen) atoms. The maximum atomic E-state index is 13.9. The number of esters is 1. The average molecular weight is 692 g/mol. The van der Waals surface area contributed by atoms with E-state index in [2.05, 4.69) is 21.6 Å². The van der Waals surface area contributed by atoms with Crippen LogP contribution in [0.3, 0.4) is 0 Å². The van der Waals surface area contributed by atoms with Crippen molar-refractivity contribution in [1.82, 2.24) is 14.7 Å². The molecule has 0 spiro atoms. The maximum absolute atomic E-state index is 13.9. The number of carbonyl (C=O) groups excluding carboxylic acids is 1. The van der Waals surface area contributed by atoms with Crippen molar-refractivity contribution in [3.05, 3.63) is 84.8 Å². The smallest absolute Gasteiger partial charge is 0.328 e. The number of sulfonamides is 1. The number of pyridine rings is 2. The quantitative estimate of drug-likeness (QED) is 0.109. The molecular formula is C35H37N3O6S3. The van der Waals surface area contributed by atoms with Crippen LogP contribution in [0, 0.1) is 0 Å². The van der Waals surface area contributed by atoms with Crippen molar-refractivity contribution in [3.63, 3.8) is 0 Å². The standard InChI is InChI=1S/C35H37N3O6S3/c1-6-22-7-9-24(10-8-22)30-29(46-34(2,3)32(39)40)18-20-37-31(30)44-33(41)35(4,5)45-28-17-19-36-21-27(28)23-11-15-26(16-12-23)47(42,43)38-25-13-14-25/h7-12,15-21,25,38H,6,13-14H2,1-5H3,(H,39,40). The Morgan fingerprint density at radius 1 is 0.894 bits per heavy atom.